The molecule has 0 saturated heterocycles. The lowest BCUT2D eigenvalue weighted by Gasteiger charge is -2.18. The van der Waals surface area contributed by atoms with Crippen LogP contribution in [0.25, 0.3) is 0 Å². The maximum atomic E-state index is 12.8. The Kier molecular flexibility index (Phi) is 47.5. The van der Waals surface area contributed by atoms with Crippen molar-refractivity contribution < 1.29 is 28.6 Å². The van der Waals surface area contributed by atoms with Crippen molar-refractivity contribution in [2.45, 2.75) is 219 Å². The lowest BCUT2D eigenvalue weighted by molar-refractivity contribution is -0.167. The molecule has 1 atom stereocenters. The summed E-state index contributed by atoms with van der Waals surface area (Å²) in [4.78, 5) is 38.0. The number of carbonyl (C=O) groups is 3. The van der Waals surface area contributed by atoms with E-state index in [1.165, 1.54) is 44.9 Å². The van der Waals surface area contributed by atoms with Crippen LogP contribution in [0.4, 0.5) is 0 Å². The molecule has 0 aromatic rings. The van der Waals surface area contributed by atoms with Gasteiger partial charge in [-0.25, -0.2) is 0 Å². The lowest BCUT2D eigenvalue weighted by Crippen LogP contribution is -2.30. The summed E-state index contributed by atoms with van der Waals surface area (Å²) < 4.78 is 16.8. The zero-order valence-corrected chi connectivity index (χ0v) is 40.5. The molecule has 0 N–H and O–H groups in total. The molecule has 0 spiro atoms. The van der Waals surface area contributed by atoms with Crippen LogP contribution in [0.5, 0.6) is 0 Å². The molecular formula is C57H92O6. The number of esters is 3. The van der Waals surface area contributed by atoms with Gasteiger partial charge in [-0.3, -0.25) is 14.4 Å². The summed E-state index contributed by atoms with van der Waals surface area (Å²) in [6, 6.07) is 0. The first-order valence-corrected chi connectivity index (χ1v) is 25.4. The fourth-order valence-electron chi connectivity index (χ4n) is 6.59. The maximum absolute atomic E-state index is 12.8. The second kappa shape index (κ2) is 50.7. The molecule has 0 radical (unpaired) electrons. The van der Waals surface area contributed by atoms with Gasteiger partial charge in [-0.1, -0.05) is 201 Å². The van der Waals surface area contributed by atoms with Crippen molar-refractivity contribution in [3.8, 4) is 0 Å². The van der Waals surface area contributed by atoms with Crippen LogP contribution in [-0.2, 0) is 28.6 Å². The third kappa shape index (κ3) is 49.0. The first-order valence-electron chi connectivity index (χ1n) is 25.4. The number of ether oxygens (including phenoxy) is 3. The van der Waals surface area contributed by atoms with E-state index in [-0.39, 0.29) is 31.1 Å². The van der Waals surface area contributed by atoms with E-state index in [2.05, 4.69) is 130 Å². The second-order valence-electron chi connectivity index (χ2n) is 16.3. The highest BCUT2D eigenvalue weighted by atomic mass is 16.6. The van der Waals surface area contributed by atoms with Crippen LogP contribution in [0.2, 0.25) is 0 Å². The molecule has 0 aromatic carbocycles. The summed E-state index contributed by atoms with van der Waals surface area (Å²) in [6.45, 7) is 6.23. The molecule has 356 valence electrons. The largest absolute Gasteiger partial charge is 0.462 e. The Morgan fingerprint density at radius 1 is 0.333 bits per heavy atom. The minimum atomic E-state index is -0.802. The quantitative estimate of drug-likeness (QED) is 0.0199. The van der Waals surface area contributed by atoms with Crippen molar-refractivity contribution in [1.82, 2.24) is 0 Å². The number of allylic oxidation sites excluding steroid dienone is 18. The molecule has 0 amide bonds. The van der Waals surface area contributed by atoms with Gasteiger partial charge in [-0.2, -0.15) is 0 Å². The van der Waals surface area contributed by atoms with Crippen LogP contribution in [0.1, 0.15) is 213 Å². The number of rotatable bonds is 44. The maximum Gasteiger partial charge on any atom is 0.306 e. The van der Waals surface area contributed by atoms with Gasteiger partial charge in [0, 0.05) is 19.3 Å². The van der Waals surface area contributed by atoms with Crippen molar-refractivity contribution in [3.63, 3.8) is 0 Å². The minimum absolute atomic E-state index is 0.0998. The molecule has 0 aromatic heterocycles. The molecule has 63 heavy (non-hydrogen) atoms. The third-order valence-electron chi connectivity index (χ3n) is 10.3. The highest BCUT2D eigenvalue weighted by molar-refractivity contribution is 5.71. The molecule has 0 aliphatic heterocycles. The molecule has 0 aliphatic rings. The number of hydrogen-bond acceptors (Lipinski definition) is 6. The first-order chi connectivity index (χ1) is 31.0. The van der Waals surface area contributed by atoms with Crippen molar-refractivity contribution in [2.75, 3.05) is 13.2 Å². The fourth-order valence-corrected chi connectivity index (χ4v) is 6.59. The fraction of sp³-hybridized carbons (Fsp3) is 0.632. The van der Waals surface area contributed by atoms with Crippen LogP contribution in [0.15, 0.2) is 109 Å². The Morgan fingerprint density at radius 3 is 1.08 bits per heavy atom. The lowest BCUT2D eigenvalue weighted by atomic mass is 10.1. The highest BCUT2D eigenvalue weighted by Gasteiger charge is 2.19. The summed E-state index contributed by atoms with van der Waals surface area (Å²) >= 11 is 0. The van der Waals surface area contributed by atoms with Crippen molar-refractivity contribution in [1.29, 1.82) is 0 Å². The topological polar surface area (TPSA) is 78.9 Å². The molecule has 0 aliphatic carbocycles. The molecule has 0 heterocycles. The van der Waals surface area contributed by atoms with Gasteiger partial charge in [0.15, 0.2) is 6.10 Å². The molecule has 1 unspecified atom stereocenters. The summed E-state index contributed by atoms with van der Waals surface area (Å²) in [7, 11) is 0. The molecule has 6 heteroatoms. The van der Waals surface area contributed by atoms with E-state index >= 15 is 0 Å². The van der Waals surface area contributed by atoms with Crippen LogP contribution in [0.3, 0.4) is 0 Å². The normalized spacial score (nSPS) is 13.0. The number of hydrogen-bond donors (Lipinski definition) is 0. The van der Waals surface area contributed by atoms with Gasteiger partial charge in [-0.05, 0) is 103 Å². The predicted molar refractivity (Wildman–Crippen MR) is 270 cm³/mol. The van der Waals surface area contributed by atoms with Crippen molar-refractivity contribution in [2.24, 2.45) is 0 Å². The van der Waals surface area contributed by atoms with Crippen LogP contribution in [0, 0.1) is 0 Å². The van der Waals surface area contributed by atoms with Gasteiger partial charge in [0.1, 0.15) is 13.2 Å². The van der Waals surface area contributed by atoms with E-state index < -0.39 is 6.10 Å². The van der Waals surface area contributed by atoms with E-state index in [0.29, 0.717) is 19.3 Å². The van der Waals surface area contributed by atoms with Gasteiger partial charge in [0.05, 0.1) is 0 Å². The third-order valence-corrected chi connectivity index (χ3v) is 10.3. The standard InChI is InChI=1S/C57H92O6/c1-4-7-10-13-16-19-22-25-28-30-32-35-38-41-44-47-50-56(59)62-53-54(52-61-55(58)49-46-43-40-37-34-31-27-24-21-18-15-12-9-6-3)63-57(60)51-48-45-42-39-36-33-29-26-23-20-17-14-11-8-5-2/h7-12,14,16-21,23,25,28,32,35,54H,4-6,13,15,22,24,26-27,29-31,33-34,36-53H2,1-3H3/b10-7-,11-8-,12-9-,17-14-,19-16-,21-18-,23-20-,28-25-,35-32-. The Morgan fingerprint density at radius 2 is 0.651 bits per heavy atom. The van der Waals surface area contributed by atoms with Gasteiger partial charge in [-0.15, -0.1) is 0 Å². The number of carbonyl (C=O) groups excluding carboxylic acids is 3. The van der Waals surface area contributed by atoms with Crippen molar-refractivity contribution >= 4 is 17.9 Å². The number of unbranched alkanes of at least 4 members (excludes halogenated alkanes) is 17. The zero-order chi connectivity index (χ0) is 45.8. The van der Waals surface area contributed by atoms with E-state index in [4.69, 9.17) is 14.2 Å². The summed E-state index contributed by atoms with van der Waals surface area (Å²) in [5.41, 5.74) is 0. The Balaban J connectivity index is 4.49. The van der Waals surface area contributed by atoms with Gasteiger partial charge < -0.3 is 14.2 Å². The molecule has 0 rings (SSSR count). The molecule has 0 fully saturated rings. The van der Waals surface area contributed by atoms with Crippen LogP contribution < -0.4 is 0 Å². The van der Waals surface area contributed by atoms with E-state index in [1.54, 1.807) is 0 Å². The first kappa shape index (κ1) is 59.1. The van der Waals surface area contributed by atoms with Crippen LogP contribution >= 0.6 is 0 Å². The minimum Gasteiger partial charge on any atom is -0.462 e. The molecule has 6 nitrogen and oxygen atoms in total. The molecular weight excluding hydrogens is 781 g/mol. The predicted octanol–water partition coefficient (Wildman–Crippen LogP) is 16.8. The summed E-state index contributed by atoms with van der Waals surface area (Å²) in [5, 5.41) is 0. The Bertz CT molecular complexity index is 1330. The average Bonchev–Trinajstić information content (AvgIpc) is 3.28. The van der Waals surface area contributed by atoms with Crippen LogP contribution in [-0.4, -0.2) is 37.2 Å². The van der Waals surface area contributed by atoms with Gasteiger partial charge in [0.25, 0.3) is 0 Å². The highest BCUT2D eigenvalue weighted by Crippen LogP contribution is 2.14. The van der Waals surface area contributed by atoms with E-state index in [1.807, 2.05) is 0 Å². The Labute approximate surface area is 387 Å². The summed E-state index contributed by atoms with van der Waals surface area (Å²) in [5.74, 6) is -0.958. The van der Waals surface area contributed by atoms with Crippen molar-refractivity contribution in [3.05, 3.63) is 109 Å². The van der Waals surface area contributed by atoms with Gasteiger partial charge >= 0.3 is 17.9 Å². The van der Waals surface area contributed by atoms with Gasteiger partial charge in [0.2, 0.25) is 0 Å². The Hall–Kier alpha value is -3.93. The summed E-state index contributed by atoms with van der Waals surface area (Å²) in [6.07, 6.45) is 67.8. The zero-order valence-electron chi connectivity index (χ0n) is 40.5. The SMILES string of the molecule is CC\C=C/C=C\C=C/CCCCCCCCCC(=O)OC(COC(=O)CCCCC/C=C\C/C=C\C/C=C\C/C=C\CC)COC(=O)CCCCCCCCC/C=C\C/C=C\CC. The average molecular weight is 873 g/mol. The van der Waals surface area contributed by atoms with E-state index in [0.717, 1.165) is 128 Å². The monoisotopic (exact) mass is 873 g/mol. The van der Waals surface area contributed by atoms with E-state index in [9.17, 15) is 14.4 Å². The molecule has 0 saturated carbocycles. The molecule has 0 bridgehead atoms. The smallest absolute Gasteiger partial charge is 0.306 e. The second-order valence-corrected chi connectivity index (χ2v) is 16.3.